The van der Waals surface area contributed by atoms with E-state index in [2.05, 4.69) is 12.2 Å². The topological polar surface area (TPSA) is 41.6 Å². The van der Waals surface area contributed by atoms with Crippen LogP contribution in [0.1, 0.15) is 38.7 Å². The Kier molecular flexibility index (Phi) is 5.95. The van der Waals surface area contributed by atoms with E-state index >= 15 is 0 Å². The summed E-state index contributed by atoms with van der Waals surface area (Å²) in [5, 5.41) is 3.42. The van der Waals surface area contributed by atoms with Gasteiger partial charge in [-0.3, -0.25) is 9.69 Å². The summed E-state index contributed by atoms with van der Waals surface area (Å²) in [4.78, 5) is 13.7. The zero-order chi connectivity index (χ0) is 15.9. The van der Waals surface area contributed by atoms with Crippen molar-refractivity contribution in [1.29, 1.82) is 0 Å². The highest BCUT2D eigenvalue weighted by atomic mass is 32.1. The molecule has 1 aliphatic rings. The lowest BCUT2D eigenvalue weighted by atomic mass is 10.2. The van der Waals surface area contributed by atoms with Gasteiger partial charge in [0.1, 0.15) is 11.4 Å². The van der Waals surface area contributed by atoms with Crippen molar-refractivity contribution in [2.45, 2.75) is 33.1 Å². The van der Waals surface area contributed by atoms with Crippen LogP contribution in [-0.4, -0.2) is 29.1 Å². The molecule has 2 rings (SSSR count). The molecule has 118 valence electrons. The van der Waals surface area contributed by atoms with Gasteiger partial charge in [-0.05, 0) is 49.3 Å². The van der Waals surface area contributed by atoms with Gasteiger partial charge in [-0.25, -0.2) is 0 Å². The summed E-state index contributed by atoms with van der Waals surface area (Å²) in [5.41, 5.74) is 1.46. The average molecular weight is 318 g/mol. The highest BCUT2D eigenvalue weighted by Crippen LogP contribution is 2.17. The molecule has 1 fully saturated rings. The maximum atomic E-state index is 12.1. The fourth-order valence-corrected chi connectivity index (χ4v) is 2.55. The molecule has 0 saturated carbocycles. The van der Waals surface area contributed by atoms with Gasteiger partial charge in [0.15, 0.2) is 5.11 Å². The number of amides is 1. The lowest BCUT2D eigenvalue weighted by Crippen LogP contribution is -2.30. The van der Waals surface area contributed by atoms with E-state index in [1.54, 1.807) is 4.90 Å². The van der Waals surface area contributed by atoms with E-state index in [1.165, 1.54) is 12.8 Å². The Labute approximate surface area is 137 Å². The van der Waals surface area contributed by atoms with E-state index in [4.69, 9.17) is 17.0 Å². The molecule has 1 N–H and O–H groups in total. The van der Waals surface area contributed by atoms with Gasteiger partial charge in [0.2, 0.25) is 0 Å². The molecule has 0 bridgehead atoms. The first kappa shape index (κ1) is 16.5. The molecule has 1 aromatic rings. The lowest BCUT2D eigenvalue weighted by Gasteiger charge is -2.08. The van der Waals surface area contributed by atoms with Gasteiger partial charge < -0.3 is 10.1 Å². The number of thiocarbonyl (C=S) groups is 1. The normalized spacial score (nSPS) is 16.3. The van der Waals surface area contributed by atoms with Crippen LogP contribution in [0, 0.1) is 0 Å². The third-order valence-corrected chi connectivity index (χ3v) is 3.81. The standard InChI is InChI=1S/C17H22N2O2S/c1-3-5-6-11-21-14-9-7-13(8-10-14)12-15-16(20)19(4-2)17(22)18-15/h7-10,12H,3-6,11H2,1-2H3,(H,18,22)/b15-12+. The van der Waals surface area contributed by atoms with Crippen molar-refractivity contribution < 1.29 is 9.53 Å². The van der Waals surface area contributed by atoms with Crippen LogP contribution in [0.2, 0.25) is 0 Å². The quantitative estimate of drug-likeness (QED) is 0.476. The van der Waals surface area contributed by atoms with Crippen molar-refractivity contribution in [1.82, 2.24) is 10.2 Å². The second kappa shape index (κ2) is 7.94. The molecule has 1 aromatic carbocycles. The van der Waals surface area contributed by atoms with Crippen molar-refractivity contribution in [3.05, 3.63) is 35.5 Å². The molecule has 5 heteroatoms. The Morgan fingerprint density at radius 3 is 2.55 bits per heavy atom. The van der Waals surface area contributed by atoms with Crippen LogP contribution in [0.15, 0.2) is 30.0 Å². The van der Waals surface area contributed by atoms with Crippen molar-refractivity contribution in [2.24, 2.45) is 0 Å². The molecule has 4 nitrogen and oxygen atoms in total. The first-order valence-electron chi connectivity index (χ1n) is 7.73. The van der Waals surface area contributed by atoms with Crippen LogP contribution in [0.5, 0.6) is 5.75 Å². The van der Waals surface area contributed by atoms with Crippen molar-refractivity contribution in [3.63, 3.8) is 0 Å². The van der Waals surface area contributed by atoms with Gasteiger partial charge in [0.05, 0.1) is 6.61 Å². The summed E-state index contributed by atoms with van der Waals surface area (Å²) in [6.07, 6.45) is 5.26. The molecular weight excluding hydrogens is 296 g/mol. The predicted molar refractivity (Wildman–Crippen MR) is 92.6 cm³/mol. The van der Waals surface area contributed by atoms with E-state index in [0.29, 0.717) is 17.4 Å². The Morgan fingerprint density at radius 1 is 1.23 bits per heavy atom. The first-order chi connectivity index (χ1) is 10.7. The maximum Gasteiger partial charge on any atom is 0.276 e. The number of unbranched alkanes of at least 4 members (excludes halogenated alkanes) is 2. The van der Waals surface area contributed by atoms with E-state index in [9.17, 15) is 4.79 Å². The highest BCUT2D eigenvalue weighted by molar-refractivity contribution is 7.80. The molecule has 1 heterocycles. The minimum absolute atomic E-state index is 0.0765. The van der Waals surface area contributed by atoms with E-state index in [1.807, 2.05) is 37.3 Å². The van der Waals surface area contributed by atoms with Crippen molar-refractivity contribution in [3.8, 4) is 5.75 Å². The number of carbonyl (C=O) groups is 1. The Morgan fingerprint density at radius 2 is 1.95 bits per heavy atom. The largest absolute Gasteiger partial charge is 0.494 e. The molecule has 1 saturated heterocycles. The van der Waals surface area contributed by atoms with Crippen LogP contribution in [-0.2, 0) is 4.79 Å². The van der Waals surface area contributed by atoms with Crippen LogP contribution < -0.4 is 10.1 Å². The molecular formula is C17H22N2O2S. The minimum Gasteiger partial charge on any atom is -0.494 e. The Hall–Kier alpha value is -1.88. The van der Waals surface area contributed by atoms with Gasteiger partial charge >= 0.3 is 0 Å². The summed E-state index contributed by atoms with van der Waals surface area (Å²) >= 11 is 5.13. The zero-order valence-electron chi connectivity index (χ0n) is 13.1. The van der Waals surface area contributed by atoms with Gasteiger partial charge in [-0.2, -0.15) is 0 Å². The van der Waals surface area contributed by atoms with Crippen LogP contribution in [0.4, 0.5) is 0 Å². The molecule has 0 radical (unpaired) electrons. The summed E-state index contributed by atoms with van der Waals surface area (Å²) in [6.45, 7) is 5.39. The van der Waals surface area contributed by atoms with Crippen molar-refractivity contribution >= 4 is 29.3 Å². The number of rotatable bonds is 7. The molecule has 22 heavy (non-hydrogen) atoms. The van der Waals surface area contributed by atoms with Gasteiger partial charge in [0, 0.05) is 6.54 Å². The smallest absolute Gasteiger partial charge is 0.276 e. The van der Waals surface area contributed by atoms with Gasteiger partial charge in [0.25, 0.3) is 5.91 Å². The van der Waals surface area contributed by atoms with Gasteiger partial charge in [-0.15, -0.1) is 0 Å². The molecule has 0 aromatic heterocycles. The van der Waals surface area contributed by atoms with Gasteiger partial charge in [-0.1, -0.05) is 31.9 Å². The minimum atomic E-state index is -0.0765. The molecule has 1 aliphatic heterocycles. The summed E-state index contributed by atoms with van der Waals surface area (Å²) in [5.74, 6) is 0.780. The molecule has 0 spiro atoms. The number of ether oxygens (including phenoxy) is 1. The Balaban J connectivity index is 1.98. The van der Waals surface area contributed by atoms with Crippen LogP contribution in [0.25, 0.3) is 6.08 Å². The summed E-state index contributed by atoms with van der Waals surface area (Å²) in [6, 6.07) is 7.73. The number of carbonyl (C=O) groups excluding carboxylic acids is 1. The third kappa shape index (κ3) is 4.07. The Bertz CT molecular complexity index is 567. The average Bonchev–Trinajstić information content (AvgIpc) is 2.79. The second-order valence-corrected chi connectivity index (χ2v) is 5.55. The SMILES string of the molecule is CCCCCOc1ccc(/C=C2/NC(=S)N(CC)C2=O)cc1. The predicted octanol–water partition coefficient (Wildman–Crippen LogP) is 3.33. The lowest BCUT2D eigenvalue weighted by molar-refractivity contribution is -0.122. The fraction of sp³-hybridized carbons (Fsp3) is 0.412. The number of nitrogens with one attached hydrogen (secondary N) is 1. The van der Waals surface area contributed by atoms with E-state index in [0.717, 1.165) is 24.3 Å². The number of hydrogen-bond acceptors (Lipinski definition) is 3. The summed E-state index contributed by atoms with van der Waals surface area (Å²) in [7, 11) is 0. The summed E-state index contributed by atoms with van der Waals surface area (Å²) < 4.78 is 5.67. The number of benzene rings is 1. The van der Waals surface area contributed by atoms with Crippen LogP contribution >= 0.6 is 12.2 Å². The second-order valence-electron chi connectivity index (χ2n) is 5.16. The number of likely N-dealkylation sites (N-methyl/N-ethyl adjacent to an activating group) is 1. The number of hydrogen-bond donors (Lipinski definition) is 1. The van der Waals surface area contributed by atoms with Crippen molar-refractivity contribution in [2.75, 3.05) is 13.2 Å². The monoisotopic (exact) mass is 318 g/mol. The third-order valence-electron chi connectivity index (χ3n) is 3.49. The van der Waals surface area contributed by atoms with Crippen LogP contribution in [0.3, 0.4) is 0 Å². The first-order valence-corrected chi connectivity index (χ1v) is 8.14. The highest BCUT2D eigenvalue weighted by Gasteiger charge is 2.28. The molecule has 0 aliphatic carbocycles. The molecule has 1 amide bonds. The molecule has 0 atom stereocenters. The van der Waals surface area contributed by atoms with E-state index < -0.39 is 0 Å². The molecule has 0 unspecified atom stereocenters. The van der Waals surface area contributed by atoms with E-state index in [-0.39, 0.29) is 5.91 Å². The maximum absolute atomic E-state index is 12.1. The zero-order valence-corrected chi connectivity index (χ0v) is 13.9. The fourth-order valence-electron chi connectivity index (χ4n) is 2.23. The number of nitrogens with zero attached hydrogens (tertiary/aromatic N) is 1.